The summed E-state index contributed by atoms with van der Waals surface area (Å²) >= 11 is 6.24. The highest BCUT2D eigenvalue weighted by Crippen LogP contribution is 2.28. The number of carbonyl (C=O) groups is 2. The molecule has 1 heterocycles. The van der Waals surface area contributed by atoms with Gasteiger partial charge in [-0.3, -0.25) is 4.79 Å². The summed E-state index contributed by atoms with van der Waals surface area (Å²) in [7, 11) is -2.70. The second kappa shape index (κ2) is 10.7. The predicted molar refractivity (Wildman–Crippen MR) is 135 cm³/mol. The van der Waals surface area contributed by atoms with Crippen LogP contribution in [0.25, 0.3) is 0 Å². The number of hydrogen-bond donors (Lipinski definition) is 1. The molecule has 0 aliphatic carbocycles. The molecule has 1 amide bonds. The molecular weight excluding hydrogens is 509 g/mol. The number of hydrogen-bond acceptors (Lipinski definition) is 6. The molecule has 0 radical (unpaired) electrons. The Morgan fingerprint density at radius 2 is 1.53 bits per heavy atom. The van der Waals surface area contributed by atoms with Crippen molar-refractivity contribution in [2.24, 2.45) is 0 Å². The van der Waals surface area contributed by atoms with E-state index in [2.05, 4.69) is 10.1 Å². The number of benzene rings is 3. The van der Waals surface area contributed by atoms with E-state index in [1.54, 1.807) is 24.3 Å². The number of sulfonamides is 1. The molecule has 3 aromatic carbocycles. The number of nitrogens with one attached hydrogen (secondary N) is 1. The van der Waals surface area contributed by atoms with Gasteiger partial charge in [-0.15, -0.1) is 0 Å². The Labute approximate surface area is 213 Å². The molecule has 36 heavy (non-hydrogen) atoms. The minimum absolute atomic E-state index is 0.00921. The van der Waals surface area contributed by atoms with Gasteiger partial charge < -0.3 is 15.0 Å². The van der Waals surface area contributed by atoms with Crippen LogP contribution in [0.2, 0.25) is 5.02 Å². The lowest BCUT2D eigenvalue weighted by Crippen LogP contribution is -2.48. The van der Waals surface area contributed by atoms with Crippen LogP contribution >= 0.6 is 11.6 Å². The van der Waals surface area contributed by atoms with E-state index in [1.807, 2.05) is 4.90 Å². The van der Waals surface area contributed by atoms with Gasteiger partial charge in [-0.05, 0) is 66.7 Å². The van der Waals surface area contributed by atoms with Crippen LogP contribution in [0.5, 0.6) is 0 Å². The maximum Gasteiger partial charge on any atom is 0.337 e. The van der Waals surface area contributed by atoms with Crippen molar-refractivity contribution in [3.8, 4) is 0 Å². The molecule has 1 fully saturated rings. The van der Waals surface area contributed by atoms with Gasteiger partial charge in [-0.2, -0.15) is 4.31 Å². The van der Waals surface area contributed by atoms with Crippen molar-refractivity contribution < 1.29 is 27.1 Å². The molecule has 1 aliphatic rings. The maximum absolute atomic E-state index is 13.4. The van der Waals surface area contributed by atoms with Crippen LogP contribution in [0.15, 0.2) is 71.6 Å². The zero-order chi connectivity index (χ0) is 25.9. The van der Waals surface area contributed by atoms with Gasteiger partial charge in [0, 0.05) is 43.1 Å². The van der Waals surface area contributed by atoms with E-state index < -0.39 is 21.9 Å². The van der Waals surface area contributed by atoms with Crippen LogP contribution in [0.4, 0.5) is 15.8 Å². The zero-order valence-electron chi connectivity index (χ0n) is 19.3. The Kier molecular flexibility index (Phi) is 7.58. The fraction of sp³-hybridized carbons (Fsp3) is 0.200. The van der Waals surface area contributed by atoms with Crippen LogP contribution in [0, 0.1) is 5.82 Å². The third kappa shape index (κ3) is 5.51. The third-order valence-electron chi connectivity index (χ3n) is 5.81. The number of amides is 1. The van der Waals surface area contributed by atoms with Crippen LogP contribution in [0.1, 0.15) is 20.7 Å². The fourth-order valence-corrected chi connectivity index (χ4v) is 5.75. The lowest BCUT2D eigenvalue weighted by Gasteiger charge is -2.35. The summed E-state index contributed by atoms with van der Waals surface area (Å²) in [6, 6.07) is 16.2. The van der Waals surface area contributed by atoms with Gasteiger partial charge >= 0.3 is 5.97 Å². The minimum Gasteiger partial charge on any atom is -0.465 e. The number of halogens is 2. The van der Waals surface area contributed by atoms with Crippen molar-refractivity contribution >= 4 is 44.9 Å². The van der Waals surface area contributed by atoms with Crippen molar-refractivity contribution in [2.75, 3.05) is 43.5 Å². The largest absolute Gasteiger partial charge is 0.465 e. The molecule has 1 aliphatic heterocycles. The average Bonchev–Trinajstić information content (AvgIpc) is 2.89. The lowest BCUT2D eigenvalue weighted by molar-refractivity contribution is 0.0600. The van der Waals surface area contributed by atoms with E-state index in [4.69, 9.17) is 11.6 Å². The van der Waals surface area contributed by atoms with Crippen molar-refractivity contribution in [1.29, 1.82) is 0 Å². The number of nitrogens with zero attached hydrogens (tertiary/aromatic N) is 2. The molecule has 8 nitrogen and oxygen atoms in total. The molecule has 1 N–H and O–H groups in total. The van der Waals surface area contributed by atoms with Gasteiger partial charge in [0.15, 0.2) is 0 Å². The Morgan fingerprint density at radius 1 is 0.917 bits per heavy atom. The summed E-state index contributed by atoms with van der Waals surface area (Å²) in [6.45, 7) is 1.26. The highest BCUT2D eigenvalue weighted by atomic mass is 35.5. The standard InChI is InChI=1S/C25H23ClFN3O5S/c1-35-25(32)17-2-7-20(8-3-17)28-24(31)18-4-11-22(26)23(16-18)36(33,34)30-14-12-29(13-15-30)21-9-5-19(27)6-10-21/h2-11,16H,12-15H2,1H3,(H,28,31). The molecule has 0 unspecified atom stereocenters. The quantitative estimate of drug-likeness (QED) is 0.483. The minimum atomic E-state index is -3.97. The van der Waals surface area contributed by atoms with E-state index in [1.165, 1.54) is 53.9 Å². The number of carbonyl (C=O) groups excluding carboxylic acids is 2. The highest BCUT2D eigenvalue weighted by Gasteiger charge is 2.31. The van der Waals surface area contributed by atoms with Crippen LogP contribution < -0.4 is 10.2 Å². The van der Waals surface area contributed by atoms with Gasteiger partial charge in [0.2, 0.25) is 10.0 Å². The summed E-state index contributed by atoms with van der Waals surface area (Å²) in [4.78, 5) is 26.2. The fourth-order valence-electron chi connectivity index (χ4n) is 3.83. The number of piperazine rings is 1. The molecule has 11 heteroatoms. The number of methoxy groups -OCH3 is 1. The van der Waals surface area contributed by atoms with Gasteiger partial charge in [-0.1, -0.05) is 11.6 Å². The van der Waals surface area contributed by atoms with E-state index >= 15 is 0 Å². The third-order valence-corrected chi connectivity index (χ3v) is 8.19. The lowest BCUT2D eigenvalue weighted by atomic mass is 10.2. The summed E-state index contributed by atoms with van der Waals surface area (Å²) in [5.41, 5.74) is 1.67. The van der Waals surface area contributed by atoms with Crippen LogP contribution in [0.3, 0.4) is 0 Å². The first-order chi connectivity index (χ1) is 17.2. The smallest absolute Gasteiger partial charge is 0.337 e. The second-order valence-electron chi connectivity index (χ2n) is 8.04. The molecule has 0 spiro atoms. The Morgan fingerprint density at radius 3 is 2.14 bits per heavy atom. The molecular formula is C25H23ClFN3O5S. The first-order valence-corrected chi connectivity index (χ1v) is 12.8. The molecule has 188 valence electrons. The summed E-state index contributed by atoms with van der Waals surface area (Å²) in [5, 5.41) is 2.68. The van der Waals surface area contributed by atoms with Crippen molar-refractivity contribution in [1.82, 2.24) is 4.31 Å². The monoisotopic (exact) mass is 531 g/mol. The summed E-state index contributed by atoms with van der Waals surface area (Å²) < 4.78 is 45.9. The first kappa shape index (κ1) is 25.6. The molecule has 4 rings (SSSR count). The van der Waals surface area contributed by atoms with Gasteiger partial charge in [-0.25, -0.2) is 17.6 Å². The zero-order valence-corrected chi connectivity index (χ0v) is 20.9. The number of anilines is 2. The van der Waals surface area contributed by atoms with Gasteiger partial charge in [0.1, 0.15) is 10.7 Å². The predicted octanol–water partition coefficient (Wildman–Crippen LogP) is 4.03. The summed E-state index contributed by atoms with van der Waals surface area (Å²) in [6.07, 6.45) is 0. The molecule has 0 aromatic heterocycles. The van der Waals surface area contributed by atoms with Crippen molar-refractivity contribution in [3.05, 3.63) is 88.7 Å². The highest BCUT2D eigenvalue weighted by molar-refractivity contribution is 7.89. The molecule has 3 aromatic rings. The van der Waals surface area contributed by atoms with Gasteiger partial charge in [0.05, 0.1) is 17.7 Å². The average molecular weight is 532 g/mol. The SMILES string of the molecule is COC(=O)c1ccc(NC(=O)c2ccc(Cl)c(S(=O)(=O)N3CCN(c4ccc(F)cc4)CC3)c2)cc1. The van der Waals surface area contributed by atoms with Gasteiger partial charge in [0.25, 0.3) is 5.91 Å². The maximum atomic E-state index is 13.4. The first-order valence-electron chi connectivity index (χ1n) is 11.0. The van der Waals surface area contributed by atoms with Crippen molar-refractivity contribution in [2.45, 2.75) is 4.90 Å². The normalized spacial score (nSPS) is 14.4. The molecule has 0 bridgehead atoms. The van der Waals surface area contributed by atoms with E-state index in [0.29, 0.717) is 24.3 Å². The number of esters is 1. The summed E-state index contributed by atoms with van der Waals surface area (Å²) in [5.74, 6) is -1.37. The Bertz CT molecular complexity index is 1370. The molecule has 0 atom stereocenters. The van der Waals surface area contributed by atoms with E-state index in [-0.39, 0.29) is 34.4 Å². The van der Waals surface area contributed by atoms with Crippen molar-refractivity contribution in [3.63, 3.8) is 0 Å². The topological polar surface area (TPSA) is 96.0 Å². The van der Waals surface area contributed by atoms with E-state index in [0.717, 1.165) is 5.69 Å². The molecule has 1 saturated heterocycles. The van der Waals surface area contributed by atoms with Crippen LogP contribution in [-0.2, 0) is 14.8 Å². The Balaban J connectivity index is 1.47. The Hall–Kier alpha value is -3.47. The number of ether oxygens (including phenoxy) is 1. The second-order valence-corrected chi connectivity index (χ2v) is 10.3. The van der Waals surface area contributed by atoms with Crippen LogP contribution in [-0.4, -0.2) is 57.9 Å². The van der Waals surface area contributed by atoms with E-state index in [9.17, 15) is 22.4 Å². The number of rotatable bonds is 6. The molecule has 0 saturated carbocycles.